The van der Waals surface area contributed by atoms with Crippen molar-refractivity contribution in [2.75, 3.05) is 14.2 Å². The predicted molar refractivity (Wildman–Crippen MR) is 260 cm³/mol. The smallest absolute Gasteiger partial charge is 0.388 e. The highest BCUT2D eigenvalue weighted by Gasteiger charge is 2.56. The molecule has 0 spiro atoms. The molecular weight excluding hydrogens is 739 g/mol. The maximum Gasteiger partial charge on any atom is 0.388 e. The lowest BCUT2D eigenvalue weighted by atomic mass is 9.37. The van der Waals surface area contributed by atoms with E-state index >= 15 is 0 Å². The van der Waals surface area contributed by atoms with E-state index in [1.165, 1.54) is 30.3 Å². The Kier molecular flexibility index (Phi) is 6.94. The molecule has 0 amide bonds. The molecule has 0 radical (unpaired) electrons. The Morgan fingerprint density at radius 1 is 0.393 bits per heavy atom. The van der Waals surface area contributed by atoms with Crippen molar-refractivity contribution in [2.24, 2.45) is 0 Å². The molecule has 8 aromatic rings. The van der Waals surface area contributed by atoms with Gasteiger partial charge in [0, 0.05) is 61.0 Å². The van der Waals surface area contributed by atoms with Gasteiger partial charge in [0.05, 0.1) is 0 Å². The number of hydrogen-bond acceptors (Lipinski definition) is 4. The van der Waals surface area contributed by atoms with Gasteiger partial charge in [0.15, 0.2) is 0 Å². The van der Waals surface area contributed by atoms with E-state index in [1.807, 2.05) is 109 Å². The fraction of sp³-hybridized carbons (Fsp3) is 0.111. The number of fused-ring (bicyclic) bond motifs is 2. The molecule has 0 unspecified atom stereocenters. The van der Waals surface area contributed by atoms with Gasteiger partial charge in [-0.25, -0.2) is 0 Å². The second-order valence-corrected chi connectivity index (χ2v) is 15.6. The predicted octanol–water partition coefficient (Wildman–Crippen LogP) is 10.7. The Labute approximate surface area is 379 Å². The molecule has 10 rings (SSSR count). The van der Waals surface area contributed by atoms with Gasteiger partial charge >= 0.3 is 20.9 Å². The standard InChI is InChI=1S/C54H48B3N3O/c1-53(2)49-37-20-21-39-51(49)61-52-48(36-23-38-50(52)54(53,3)4)41-24-22-35-47(40-41)60-56(43-27-12-6-13-28-43)58(45-31-16-8-17-32-45)55(42-25-10-5-11-26-42)59(46-33-18-9-19-34-46)57(60)44-29-14-7-15-30-44/h5-40H,1-4H3/i1D3,2D3,3D3,4D3. The van der Waals surface area contributed by atoms with Crippen LogP contribution in [0, 0.1) is 0 Å². The second kappa shape index (κ2) is 15.6. The second-order valence-electron chi connectivity index (χ2n) is 15.6. The Morgan fingerprint density at radius 3 is 1.30 bits per heavy atom. The summed E-state index contributed by atoms with van der Waals surface area (Å²) in [7, 11) is 0. The van der Waals surface area contributed by atoms with Gasteiger partial charge in [-0.2, -0.15) is 0 Å². The van der Waals surface area contributed by atoms with E-state index in [1.54, 1.807) is 12.1 Å². The van der Waals surface area contributed by atoms with Gasteiger partial charge in [-0.15, -0.1) is 0 Å². The SMILES string of the molecule is [2H]C([2H])([2H])C1(C([2H])([2H])[2H])c2ccccc2Oc2c(-c3cccc(N4B(c5ccccc5)N(c5ccccc5)B(c5ccccc5)N(c5ccccc5)B4c4ccccc4)c3)cccc2C1(C([2H])([2H])[2H])C([2H])([2H])[2H]. The first-order chi connectivity index (χ1) is 34.8. The van der Waals surface area contributed by atoms with Crippen molar-refractivity contribution in [2.45, 2.75) is 38.2 Å². The third-order valence-electron chi connectivity index (χ3n) is 11.9. The largest absolute Gasteiger partial charge is 0.456 e. The maximum absolute atomic E-state index is 9.23. The number of anilines is 3. The van der Waals surface area contributed by atoms with Crippen LogP contribution in [0.4, 0.5) is 17.1 Å². The first-order valence-electron chi connectivity index (χ1n) is 26.4. The monoisotopic (exact) mass is 799 g/mol. The molecule has 0 saturated carbocycles. The van der Waals surface area contributed by atoms with Gasteiger partial charge in [0.25, 0.3) is 0 Å². The molecule has 2 aliphatic rings. The summed E-state index contributed by atoms with van der Waals surface area (Å²) in [5.74, 6) is -0.572. The summed E-state index contributed by atoms with van der Waals surface area (Å²) in [4.78, 5) is 0. The first kappa shape index (κ1) is 27.1. The first-order valence-corrected chi connectivity index (χ1v) is 20.4. The molecule has 0 bridgehead atoms. The van der Waals surface area contributed by atoms with Gasteiger partial charge < -0.3 is 18.9 Å². The third-order valence-corrected chi connectivity index (χ3v) is 11.9. The number of hydrogen-bond donors (Lipinski definition) is 0. The van der Waals surface area contributed by atoms with Crippen molar-refractivity contribution < 1.29 is 21.2 Å². The van der Waals surface area contributed by atoms with Crippen LogP contribution in [0.1, 0.15) is 55.0 Å². The van der Waals surface area contributed by atoms with Crippen molar-refractivity contribution in [3.63, 3.8) is 0 Å². The van der Waals surface area contributed by atoms with Gasteiger partial charge in [0.1, 0.15) is 11.5 Å². The molecule has 1 fully saturated rings. The zero-order chi connectivity index (χ0) is 51.6. The molecule has 61 heavy (non-hydrogen) atoms. The molecule has 1 saturated heterocycles. The summed E-state index contributed by atoms with van der Waals surface area (Å²) in [6.45, 7) is -16.6. The molecule has 7 heteroatoms. The van der Waals surface area contributed by atoms with Crippen LogP contribution in [0.5, 0.6) is 11.5 Å². The summed E-state index contributed by atoms with van der Waals surface area (Å²) >= 11 is 0. The third kappa shape index (κ3) is 6.60. The van der Waals surface area contributed by atoms with E-state index in [9.17, 15) is 8.22 Å². The highest BCUT2D eigenvalue weighted by Crippen LogP contribution is 2.55. The quantitative estimate of drug-likeness (QED) is 0.150. The molecule has 0 aromatic heterocycles. The lowest BCUT2D eigenvalue weighted by Gasteiger charge is -2.57. The van der Waals surface area contributed by atoms with E-state index in [2.05, 4.69) is 74.8 Å². The van der Waals surface area contributed by atoms with E-state index in [0.29, 0.717) is 11.3 Å². The zero-order valence-electron chi connectivity index (χ0n) is 45.3. The molecule has 2 aliphatic heterocycles. The van der Waals surface area contributed by atoms with E-state index in [4.69, 9.17) is 13.0 Å². The van der Waals surface area contributed by atoms with E-state index in [0.717, 1.165) is 33.8 Å². The van der Waals surface area contributed by atoms with Crippen LogP contribution in [0.25, 0.3) is 11.1 Å². The average molecular weight is 800 g/mol. The minimum absolute atomic E-state index is 0.213. The van der Waals surface area contributed by atoms with Crippen LogP contribution in [-0.4, -0.2) is 20.9 Å². The molecule has 2 heterocycles. The van der Waals surface area contributed by atoms with Gasteiger partial charge in [-0.3, -0.25) is 0 Å². The fourth-order valence-corrected chi connectivity index (χ4v) is 9.07. The van der Waals surface area contributed by atoms with Gasteiger partial charge in [0.2, 0.25) is 0 Å². The highest BCUT2D eigenvalue weighted by atomic mass is 16.5. The Bertz CT molecular complexity index is 3100. The van der Waals surface area contributed by atoms with Crippen molar-refractivity contribution in [3.8, 4) is 22.6 Å². The van der Waals surface area contributed by atoms with Crippen molar-refractivity contribution in [3.05, 3.63) is 230 Å². The summed E-state index contributed by atoms with van der Waals surface area (Å²) in [6.07, 6.45) is 0. The van der Waals surface area contributed by atoms with Gasteiger partial charge in [-0.05, 0) is 64.4 Å². The average Bonchev–Trinajstić information content (AvgIpc) is 3.57. The molecule has 294 valence electrons. The summed E-state index contributed by atoms with van der Waals surface area (Å²) < 4.78 is 124. The number of nitrogens with zero attached hydrogens (tertiary/aromatic N) is 3. The summed E-state index contributed by atoms with van der Waals surface area (Å²) in [6, 6.07) is 68.5. The minimum Gasteiger partial charge on any atom is -0.456 e. The molecule has 0 atom stereocenters. The number of ether oxygens (including phenoxy) is 1. The number of benzene rings is 8. The van der Waals surface area contributed by atoms with Crippen molar-refractivity contribution in [1.29, 1.82) is 0 Å². The summed E-state index contributed by atoms with van der Waals surface area (Å²) in [5.41, 5.74) is -2.13. The normalized spacial score (nSPS) is 19.1. The maximum atomic E-state index is 9.23. The number of para-hydroxylation sites is 4. The Balaban J connectivity index is 1.30. The lowest BCUT2D eigenvalue weighted by molar-refractivity contribution is 0.306. The minimum atomic E-state index is -3.78. The highest BCUT2D eigenvalue weighted by molar-refractivity contribution is 7.14. The van der Waals surface area contributed by atoms with E-state index in [-0.39, 0.29) is 17.1 Å². The Hall–Kier alpha value is -6.85. The molecular formula is C54H48B3N3O. The Morgan fingerprint density at radius 2 is 0.787 bits per heavy atom. The van der Waals surface area contributed by atoms with Crippen LogP contribution in [-0.2, 0) is 10.8 Å². The van der Waals surface area contributed by atoms with E-state index < -0.39 is 70.3 Å². The topological polar surface area (TPSA) is 19.0 Å². The van der Waals surface area contributed by atoms with Crippen LogP contribution < -0.4 is 35.3 Å². The lowest BCUT2D eigenvalue weighted by Crippen LogP contribution is -2.86. The molecule has 8 aromatic carbocycles. The van der Waals surface area contributed by atoms with Crippen LogP contribution in [0.2, 0.25) is 0 Å². The summed E-state index contributed by atoms with van der Waals surface area (Å²) in [5, 5.41) is 0. The van der Waals surface area contributed by atoms with Gasteiger partial charge in [-0.1, -0.05) is 203 Å². The van der Waals surface area contributed by atoms with Crippen molar-refractivity contribution in [1.82, 2.24) is 0 Å². The molecule has 0 N–H and O–H groups in total. The fourth-order valence-electron chi connectivity index (χ4n) is 9.07. The van der Waals surface area contributed by atoms with Crippen LogP contribution in [0.15, 0.2) is 218 Å². The zero-order valence-corrected chi connectivity index (χ0v) is 33.3. The van der Waals surface area contributed by atoms with Crippen LogP contribution >= 0.6 is 0 Å². The van der Waals surface area contributed by atoms with Crippen LogP contribution in [0.3, 0.4) is 0 Å². The molecule has 0 aliphatic carbocycles. The van der Waals surface area contributed by atoms with Crippen molar-refractivity contribution >= 4 is 54.4 Å². The number of rotatable bonds is 7. The molecule has 4 nitrogen and oxygen atoms in total.